The molecule has 6 heteroatoms. The first-order valence-electron chi connectivity index (χ1n) is 9.87. The van der Waals surface area contributed by atoms with Crippen LogP contribution in [0, 0.1) is 0 Å². The minimum Gasteiger partial charge on any atom is -0.376 e. The van der Waals surface area contributed by atoms with E-state index < -0.39 is 0 Å². The smallest absolute Gasteiger partial charge is 0.248 e. The molecule has 1 atom stereocenters. The molecular formula is C21H27N3O3. The Morgan fingerprint density at radius 2 is 2.04 bits per heavy atom. The Morgan fingerprint density at radius 1 is 1.22 bits per heavy atom. The molecule has 0 unspecified atom stereocenters. The Labute approximate surface area is 159 Å². The number of piperidine rings is 1. The average molecular weight is 369 g/mol. The lowest BCUT2D eigenvalue weighted by Crippen LogP contribution is -2.40. The normalized spacial score (nSPS) is 20.9. The van der Waals surface area contributed by atoms with Gasteiger partial charge in [0.05, 0.1) is 18.9 Å². The van der Waals surface area contributed by atoms with Crippen molar-refractivity contribution in [2.24, 2.45) is 0 Å². The van der Waals surface area contributed by atoms with Crippen molar-refractivity contribution in [3.05, 3.63) is 42.2 Å². The molecule has 27 heavy (non-hydrogen) atoms. The predicted molar refractivity (Wildman–Crippen MR) is 102 cm³/mol. The van der Waals surface area contributed by atoms with Gasteiger partial charge in [-0.25, -0.2) is 0 Å². The molecule has 0 spiro atoms. The summed E-state index contributed by atoms with van der Waals surface area (Å²) in [6, 6.07) is 10.3. The number of H-pyrrole nitrogens is 1. The van der Waals surface area contributed by atoms with Gasteiger partial charge >= 0.3 is 0 Å². The van der Waals surface area contributed by atoms with Crippen LogP contribution in [0.5, 0.6) is 0 Å². The predicted octanol–water partition coefficient (Wildman–Crippen LogP) is 2.98. The topological polar surface area (TPSA) is 67.5 Å². The Hall–Kier alpha value is -2.18. The second-order valence-electron chi connectivity index (χ2n) is 7.37. The third kappa shape index (κ3) is 4.39. The van der Waals surface area contributed by atoms with Crippen molar-refractivity contribution in [3.63, 3.8) is 0 Å². The first-order valence-corrected chi connectivity index (χ1v) is 9.87. The third-order valence-corrected chi connectivity index (χ3v) is 5.56. The summed E-state index contributed by atoms with van der Waals surface area (Å²) in [4.78, 5) is 14.3. The van der Waals surface area contributed by atoms with Gasteiger partial charge in [0.1, 0.15) is 6.61 Å². The van der Waals surface area contributed by atoms with Crippen molar-refractivity contribution in [1.29, 1.82) is 0 Å². The molecule has 3 heterocycles. The van der Waals surface area contributed by atoms with Crippen LogP contribution in [-0.4, -0.2) is 60.0 Å². The van der Waals surface area contributed by atoms with Gasteiger partial charge in [0.15, 0.2) is 0 Å². The van der Waals surface area contributed by atoms with E-state index in [0.717, 1.165) is 45.4 Å². The molecule has 0 radical (unpaired) electrons. The molecular weight excluding hydrogens is 342 g/mol. The second-order valence-corrected chi connectivity index (χ2v) is 7.37. The zero-order chi connectivity index (χ0) is 18.5. The summed E-state index contributed by atoms with van der Waals surface area (Å²) in [5, 5.41) is 7.46. The van der Waals surface area contributed by atoms with Crippen molar-refractivity contribution in [3.8, 4) is 11.1 Å². The number of rotatable bonds is 6. The lowest BCUT2D eigenvalue weighted by Gasteiger charge is -2.32. The molecule has 6 nitrogen and oxygen atoms in total. The summed E-state index contributed by atoms with van der Waals surface area (Å²) in [5.41, 5.74) is 3.53. The fourth-order valence-corrected chi connectivity index (χ4v) is 4.02. The highest BCUT2D eigenvalue weighted by molar-refractivity contribution is 5.77. The highest BCUT2D eigenvalue weighted by atomic mass is 16.5. The lowest BCUT2D eigenvalue weighted by atomic mass is 9.89. The second kappa shape index (κ2) is 8.67. The van der Waals surface area contributed by atoms with E-state index in [4.69, 9.17) is 9.47 Å². The summed E-state index contributed by atoms with van der Waals surface area (Å²) < 4.78 is 11.1. The minimum absolute atomic E-state index is 0.0827. The molecule has 2 aliphatic rings. The molecule has 4 rings (SSSR count). The van der Waals surface area contributed by atoms with Crippen LogP contribution in [0.3, 0.4) is 0 Å². The van der Waals surface area contributed by atoms with E-state index in [2.05, 4.69) is 22.3 Å². The molecule has 2 aliphatic heterocycles. The van der Waals surface area contributed by atoms with Gasteiger partial charge in [0.25, 0.3) is 0 Å². The van der Waals surface area contributed by atoms with Crippen molar-refractivity contribution in [2.45, 2.75) is 37.7 Å². The van der Waals surface area contributed by atoms with Gasteiger partial charge in [-0.15, -0.1) is 0 Å². The number of hydrogen-bond donors (Lipinski definition) is 1. The number of benzene rings is 1. The Bertz CT molecular complexity index is 732. The number of aromatic nitrogens is 2. The minimum atomic E-state index is 0.0827. The van der Waals surface area contributed by atoms with Crippen LogP contribution in [0.4, 0.5) is 0 Å². The van der Waals surface area contributed by atoms with Crippen LogP contribution in [0.2, 0.25) is 0 Å². The first kappa shape index (κ1) is 18.2. The molecule has 1 N–H and O–H groups in total. The third-order valence-electron chi connectivity index (χ3n) is 5.56. The zero-order valence-corrected chi connectivity index (χ0v) is 15.6. The number of ether oxygens (including phenoxy) is 2. The summed E-state index contributed by atoms with van der Waals surface area (Å²) >= 11 is 0. The Morgan fingerprint density at radius 3 is 2.78 bits per heavy atom. The molecule has 2 fully saturated rings. The maximum Gasteiger partial charge on any atom is 0.248 e. The number of amides is 1. The van der Waals surface area contributed by atoms with Gasteiger partial charge in [0.2, 0.25) is 5.91 Å². The van der Waals surface area contributed by atoms with E-state index in [-0.39, 0.29) is 18.6 Å². The van der Waals surface area contributed by atoms with Crippen molar-refractivity contribution < 1.29 is 14.3 Å². The van der Waals surface area contributed by atoms with Crippen molar-refractivity contribution in [2.75, 3.05) is 32.9 Å². The molecule has 2 saturated heterocycles. The summed E-state index contributed by atoms with van der Waals surface area (Å²) in [6.07, 6.45) is 6.09. The largest absolute Gasteiger partial charge is 0.376 e. The Kier molecular flexibility index (Phi) is 5.84. The van der Waals surface area contributed by atoms with Gasteiger partial charge < -0.3 is 14.4 Å². The van der Waals surface area contributed by atoms with Crippen LogP contribution in [0.15, 0.2) is 36.5 Å². The van der Waals surface area contributed by atoms with E-state index in [1.807, 2.05) is 29.3 Å². The number of carbonyl (C=O) groups excluding carboxylic acids is 1. The Balaban J connectivity index is 1.28. The van der Waals surface area contributed by atoms with Gasteiger partial charge in [-0.2, -0.15) is 5.10 Å². The van der Waals surface area contributed by atoms with Crippen LogP contribution in [0.1, 0.15) is 37.3 Å². The number of hydrogen-bond acceptors (Lipinski definition) is 4. The molecule has 1 amide bonds. The van der Waals surface area contributed by atoms with E-state index in [9.17, 15) is 4.79 Å². The average Bonchev–Trinajstić information content (AvgIpc) is 3.41. The first-order chi connectivity index (χ1) is 13.3. The number of carbonyl (C=O) groups is 1. The molecule has 2 aromatic rings. The van der Waals surface area contributed by atoms with Crippen LogP contribution < -0.4 is 0 Å². The number of aromatic amines is 1. The van der Waals surface area contributed by atoms with Crippen LogP contribution in [-0.2, 0) is 14.3 Å². The molecule has 1 aromatic heterocycles. The highest BCUT2D eigenvalue weighted by Gasteiger charge is 2.27. The van der Waals surface area contributed by atoms with Gasteiger partial charge in [-0.05, 0) is 31.2 Å². The van der Waals surface area contributed by atoms with Gasteiger partial charge in [-0.3, -0.25) is 9.89 Å². The number of likely N-dealkylation sites (tertiary alicyclic amines) is 1. The summed E-state index contributed by atoms with van der Waals surface area (Å²) in [5.74, 6) is 0.485. The van der Waals surface area contributed by atoms with Gasteiger partial charge in [-0.1, -0.05) is 30.3 Å². The standard InChI is InChI=1S/C21H27N3O3/c25-20(15-26-14-18-7-4-12-27-18)24-10-8-17(9-11-24)21-19(13-22-23-21)16-5-2-1-3-6-16/h1-3,5-6,13,17-18H,4,7-12,14-15H2,(H,22,23)/t18-/m1/s1. The van der Waals surface area contributed by atoms with Crippen molar-refractivity contribution >= 4 is 5.91 Å². The van der Waals surface area contributed by atoms with Crippen molar-refractivity contribution in [1.82, 2.24) is 15.1 Å². The van der Waals surface area contributed by atoms with Crippen LogP contribution >= 0.6 is 0 Å². The number of nitrogens with zero attached hydrogens (tertiary/aromatic N) is 2. The fraction of sp³-hybridized carbons (Fsp3) is 0.524. The van der Waals surface area contributed by atoms with E-state index in [1.54, 1.807) is 0 Å². The molecule has 0 aliphatic carbocycles. The molecule has 144 valence electrons. The van der Waals surface area contributed by atoms with E-state index in [0.29, 0.717) is 12.5 Å². The quantitative estimate of drug-likeness (QED) is 0.850. The SMILES string of the molecule is O=C(COC[C@H]1CCCO1)N1CCC(c2[nH]ncc2-c2ccccc2)CC1. The van der Waals surface area contributed by atoms with E-state index >= 15 is 0 Å². The maximum absolute atomic E-state index is 12.4. The van der Waals surface area contributed by atoms with Gasteiger partial charge in [0, 0.05) is 36.9 Å². The van der Waals surface area contributed by atoms with Crippen LogP contribution in [0.25, 0.3) is 11.1 Å². The lowest BCUT2D eigenvalue weighted by molar-refractivity contribution is -0.138. The number of nitrogens with one attached hydrogen (secondary N) is 1. The molecule has 1 aromatic carbocycles. The molecule has 0 saturated carbocycles. The highest BCUT2D eigenvalue weighted by Crippen LogP contribution is 2.33. The molecule has 0 bridgehead atoms. The van der Waals surface area contributed by atoms with E-state index in [1.165, 1.54) is 16.8 Å². The summed E-state index contributed by atoms with van der Waals surface area (Å²) in [7, 11) is 0. The fourth-order valence-electron chi connectivity index (χ4n) is 4.02. The maximum atomic E-state index is 12.4. The monoisotopic (exact) mass is 369 g/mol. The zero-order valence-electron chi connectivity index (χ0n) is 15.6. The summed E-state index contributed by atoms with van der Waals surface area (Å²) in [6.45, 7) is 3.02.